The Morgan fingerprint density at radius 2 is 1.66 bits per heavy atom. The molecule has 0 spiro atoms. The maximum atomic E-state index is 13.4. The molecule has 0 aromatic heterocycles. The van der Waals surface area contributed by atoms with Crippen molar-refractivity contribution in [3.63, 3.8) is 0 Å². The molecule has 8 nitrogen and oxygen atoms in total. The zero-order valence-corrected chi connectivity index (χ0v) is 19.3. The summed E-state index contributed by atoms with van der Waals surface area (Å²) >= 11 is 0. The predicted octanol–water partition coefficient (Wildman–Crippen LogP) is 2.19. The lowest BCUT2D eigenvalue weighted by atomic mass is 9.84. The van der Waals surface area contributed by atoms with E-state index in [1.165, 1.54) is 7.05 Å². The second kappa shape index (κ2) is 11.1. The number of hydrogen-bond acceptors (Lipinski definition) is 5. The topological polar surface area (TPSA) is 117 Å². The average Bonchev–Trinajstić information content (AvgIpc) is 2.77. The lowest BCUT2D eigenvalue weighted by Gasteiger charge is -2.32. The number of hydroxylamine groups is 1. The number of rotatable bonds is 9. The Balaban J connectivity index is 2.42. The van der Waals surface area contributed by atoms with Crippen molar-refractivity contribution in [2.75, 3.05) is 13.7 Å². The highest BCUT2D eigenvalue weighted by molar-refractivity contribution is 5.93. The SMILES string of the molecule is CCO[C@H](C(=O)NO)[C@@H](Cc1ccc2ccccc2c1)C(=O)N[C@H](C(=O)NC)C(C)(C)C. The summed E-state index contributed by atoms with van der Waals surface area (Å²) < 4.78 is 5.56. The van der Waals surface area contributed by atoms with Gasteiger partial charge in [0.1, 0.15) is 12.1 Å². The number of fused-ring (bicyclic) bond motifs is 1. The predicted molar refractivity (Wildman–Crippen MR) is 122 cm³/mol. The number of likely N-dealkylation sites (N-methyl/N-ethyl adjacent to an activating group) is 1. The number of ether oxygens (including phenoxy) is 1. The van der Waals surface area contributed by atoms with Crippen LogP contribution in [0.4, 0.5) is 0 Å². The van der Waals surface area contributed by atoms with Crippen molar-refractivity contribution in [1.82, 2.24) is 16.1 Å². The molecule has 0 saturated heterocycles. The minimum Gasteiger partial charge on any atom is -0.368 e. The first-order valence-corrected chi connectivity index (χ1v) is 10.7. The van der Waals surface area contributed by atoms with Crippen molar-refractivity contribution >= 4 is 28.5 Å². The van der Waals surface area contributed by atoms with Gasteiger partial charge in [-0.05, 0) is 35.1 Å². The maximum Gasteiger partial charge on any atom is 0.273 e. The van der Waals surface area contributed by atoms with E-state index < -0.39 is 35.3 Å². The number of nitrogens with one attached hydrogen (secondary N) is 3. The first-order valence-electron chi connectivity index (χ1n) is 10.7. The Morgan fingerprint density at radius 1 is 1.00 bits per heavy atom. The van der Waals surface area contributed by atoms with E-state index in [9.17, 15) is 19.6 Å². The van der Waals surface area contributed by atoms with Gasteiger partial charge in [0.05, 0.1) is 5.92 Å². The van der Waals surface area contributed by atoms with Crippen LogP contribution in [0.1, 0.15) is 33.3 Å². The quantitative estimate of drug-likeness (QED) is 0.350. The fourth-order valence-electron chi connectivity index (χ4n) is 3.64. The van der Waals surface area contributed by atoms with E-state index in [-0.39, 0.29) is 18.9 Å². The average molecular weight is 444 g/mol. The minimum atomic E-state index is -1.23. The number of benzene rings is 2. The van der Waals surface area contributed by atoms with Gasteiger partial charge in [-0.15, -0.1) is 0 Å². The standard InChI is InChI=1S/C24H33N3O5/c1-6-32-19(22(29)27-31)18(21(28)26-20(23(30)25-5)24(2,3)4)14-15-11-12-16-9-7-8-10-17(16)13-15/h7-13,18-20,31H,6,14H2,1-5H3,(H,25,30)(H,26,28)(H,27,29)/t18-,19+,20-/m1/s1. The molecule has 0 unspecified atom stereocenters. The fraction of sp³-hybridized carbons (Fsp3) is 0.458. The summed E-state index contributed by atoms with van der Waals surface area (Å²) in [5, 5.41) is 16.6. The molecule has 0 saturated carbocycles. The van der Waals surface area contributed by atoms with Crippen molar-refractivity contribution in [1.29, 1.82) is 0 Å². The van der Waals surface area contributed by atoms with Crippen molar-refractivity contribution in [3.05, 3.63) is 48.0 Å². The number of carbonyl (C=O) groups excluding carboxylic acids is 3. The van der Waals surface area contributed by atoms with Crippen LogP contribution in [0.25, 0.3) is 10.8 Å². The van der Waals surface area contributed by atoms with Crippen LogP contribution in [0.15, 0.2) is 42.5 Å². The van der Waals surface area contributed by atoms with E-state index in [0.29, 0.717) is 0 Å². The van der Waals surface area contributed by atoms with Crippen LogP contribution >= 0.6 is 0 Å². The molecule has 0 bridgehead atoms. The van der Waals surface area contributed by atoms with E-state index >= 15 is 0 Å². The molecular weight excluding hydrogens is 410 g/mol. The Labute approximate surface area is 188 Å². The van der Waals surface area contributed by atoms with Gasteiger partial charge in [-0.1, -0.05) is 63.2 Å². The summed E-state index contributed by atoms with van der Waals surface area (Å²) in [7, 11) is 1.50. The summed E-state index contributed by atoms with van der Waals surface area (Å²) in [4.78, 5) is 38.2. The van der Waals surface area contributed by atoms with Gasteiger partial charge < -0.3 is 15.4 Å². The summed E-state index contributed by atoms with van der Waals surface area (Å²) in [5.74, 6) is -2.64. The molecule has 0 fully saturated rings. The minimum absolute atomic E-state index is 0.164. The van der Waals surface area contributed by atoms with Gasteiger partial charge in [0.15, 0.2) is 0 Å². The Kier molecular flexibility index (Phi) is 8.74. The number of hydrogen-bond donors (Lipinski definition) is 4. The van der Waals surface area contributed by atoms with Gasteiger partial charge in [0.2, 0.25) is 11.8 Å². The molecule has 0 heterocycles. The Bertz CT molecular complexity index is 954. The van der Waals surface area contributed by atoms with Crippen LogP contribution in [-0.4, -0.2) is 48.7 Å². The van der Waals surface area contributed by atoms with E-state index in [2.05, 4.69) is 10.6 Å². The van der Waals surface area contributed by atoms with Gasteiger partial charge in [-0.3, -0.25) is 19.6 Å². The molecule has 3 amide bonds. The summed E-state index contributed by atoms with van der Waals surface area (Å²) in [6.45, 7) is 7.38. The van der Waals surface area contributed by atoms with Gasteiger partial charge in [0, 0.05) is 13.7 Å². The van der Waals surface area contributed by atoms with Crippen LogP contribution in [-0.2, 0) is 25.5 Å². The first-order chi connectivity index (χ1) is 15.1. The van der Waals surface area contributed by atoms with Crippen molar-refractivity contribution in [2.45, 2.75) is 46.3 Å². The van der Waals surface area contributed by atoms with Gasteiger partial charge in [-0.2, -0.15) is 0 Å². The molecule has 2 rings (SSSR count). The second-order valence-electron chi connectivity index (χ2n) is 8.77. The second-order valence-corrected chi connectivity index (χ2v) is 8.77. The van der Waals surface area contributed by atoms with Gasteiger partial charge in [-0.25, -0.2) is 5.48 Å². The van der Waals surface area contributed by atoms with Crippen LogP contribution in [0.5, 0.6) is 0 Å². The zero-order valence-electron chi connectivity index (χ0n) is 19.3. The molecule has 3 atom stereocenters. The van der Waals surface area contributed by atoms with Crippen LogP contribution in [0, 0.1) is 11.3 Å². The molecule has 2 aromatic rings. The molecule has 8 heteroatoms. The maximum absolute atomic E-state index is 13.4. The molecule has 2 aromatic carbocycles. The fourth-order valence-corrected chi connectivity index (χ4v) is 3.64. The first kappa shape index (κ1) is 25.3. The van der Waals surface area contributed by atoms with Gasteiger partial charge >= 0.3 is 0 Å². The third-order valence-electron chi connectivity index (χ3n) is 5.35. The Hall–Kier alpha value is -2.97. The molecule has 0 aliphatic rings. The molecule has 0 aliphatic carbocycles. The summed E-state index contributed by atoms with van der Waals surface area (Å²) in [6.07, 6.45) is -1.05. The lowest BCUT2D eigenvalue weighted by Crippen LogP contribution is -2.56. The van der Waals surface area contributed by atoms with E-state index in [1.807, 2.05) is 63.2 Å². The largest absolute Gasteiger partial charge is 0.368 e. The highest BCUT2D eigenvalue weighted by atomic mass is 16.5. The van der Waals surface area contributed by atoms with Crippen LogP contribution in [0.3, 0.4) is 0 Å². The smallest absolute Gasteiger partial charge is 0.273 e. The normalized spacial score (nSPS) is 14.3. The third kappa shape index (κ3) is 6.27. The zero-order chi connectivity index (χ0) is 23.9. The molecule has 0 radical (unpaired) electrons. The van der Waals surface area contributed by atoms with E-state index in [1.54, 1.807) is 12.4 Å². The van der Waals surface area contributed by atoms with Crippen molar-refractivity contribution in [2.24, 2.45) is 11.3 Å². The lowest BCUT2D eigenvalue weighted by molar-refractivity contribution is -0.151. The number of carbonyl (C=O) groups is 3. The molecular formula is C24H33N3O5. The van der Waals surface area contributed by atoms with Gasteiger partial charge in [0.25, 0.3) is 5.91 Å². The van der Waals surface area contributed by atoms with Crippen LogP contribution < -0.4 is 16.1 Å². The monoisotopic (exact) mass is 443 g/mol. The summed E-state index contributed by atoms with van der Waals surface area (Å²) in [6, 6.07) is 12.8. The molecule has 32 heavy (non-hydrogen) atoms. The molecule has 174 valence electrons. The molecule has 4 N–H and O–H groups in total. The number of amides is 3. The van der Waals surface area contributed by atoms with E-state index in [0.717, 1.165) is 16.3 Å². The highest BCUT2D eigenvalue weighted by Crippen LogP contribution is 2.24. The summed E-state index contributed by atoms with van der Waals surface area (Å²) in [5.41, 5.74) is 1.85. The van der Waals surface area contributed by atoms with E-state index in [4.69, 9.17) is 4.74 Å². The Morgan fingerprint density at radius 3 is 2.22 bits per heavy atom. The highest BCUT2D eigenvalue weighted by Gasteiger charge is 2.39. The van der Waals surface area contributed by atoms with Crippen molar-refractivity contribution in [3.8, 4) is 0 Å². The van der Waals surface area contributed by atoms with Crippen LogP contribution in [0.2, 0.25) is 0 Å². The van der Waals surface area contributed by atoms with Crippen molar-refractivity contribution < 1.29 is 24.3 Å². The third-order valence-corrected chi connectivity index (χ3v) is 5.35. The molecule has 0 aliphatic heterocycles.